The van der Waals surface area contributed by atoms with Gasteiger partial charge in [0.25, 0.3) is 0 Å². The van der Waals surface area contributed by atoms with Crippen molar-refractivity contribution >= 4 is 22.0 Å². The Hall–Kier alpha value is -2.68. The van der Waals surface area contributed by atoms with E-state index in [1.807, 2.05) is 68.7 Å². The zero-order chi connectivity index (χ0) is 23.8. The Morgan fingerprint density at radius 2 is 1.85 bits per heavy atom. The zero-order valence-electron chi connectivity index (χ0n) is 19.5. The van der Waals surface area contributed by atoms with E-state index >= 15 is 0 Å². The van der Waals surface area contributed by atoms with Gasteiger partial charge in [-0.25, -0.2) is 8.42 Å². The molecule has 0 saturated carbocycles. The molecule has 3 rings (SSSR count). The van der Waals surface area contributed by atoms with E-state index in [2.05, 4.69) is 10.2 Å². The monoisotopic (exact) mass is 471 g/mol. The Balaban J connectivity index is 1.53. The second-order valence-electron chi connectivity index (χ2n) is 8.43. The van der Waals surface area contributed by atoms with Crippen LogP contribution in [0.1, 0.15) is 30.0 Å². The highest BCUT2D eigenvalue weighted by atomic mass is 32.2. The highest BCUT2D eigenvalue weighted by molar-refractivity contribution is 7.92. The van der Waals surface area contributed by atoms with Gasteiger partial charge in [-0.05, 0) is 56.3 Å². The zero-order valence-corrected chi connectivity index (χ0v) is 20.3. The molecule has 0 spiro atoms. The molecule has 0 radical (unpaired) electrons. The summed E-state index contributed by atoms with van der Waals surface area (Å²) < 4.78 is 32.1. The third kappa shape index (κ3) is 6.90. The molecule has 1 aliphatic rings. The van der Waals surface area contributed by atoms with E-state index in [9.17, 15) is 13.2 Å². The number of ether oxygens (including phenoxy) is 1. The maximum absolute atomic E-state index is 12.8. The molecule has 1 fully saturated rings. The first-order valence-electron chi connectivity index (χ1n) is 11.1. The lowest BCUT2D eigenvalue weighted by Crippen LogP contribution is -2.44. The first-order valence-corrected chi connectivity index (χ1v) is 12.6. The first kappa shape index (κ1) is 25.0. The first-order chi connectivity index (χ1) is 15.8. The van der Waals surface area contributed by atoms with Gasteiger partial charge in [0.15, 0.2) is 0 Å². The number of rotatable bonds is 9. The third-order valence-corrected chi connectivity index (χ3v) is 7.55. The van der Waals surface area contributed by atoms with Gasteiger partial charge in [0.05, 0.1) is 13.2 Å². The molecule has 1 atom stereocenters. The molecule has 1 N–H and O–H groups in total. The molecule has 1 heterocycles. The van der Waals surface area contributed by atoms with Gasteiger partial charge in [0, 0.05) is 31.0 Å². The summed E-state index contributed by atoms with van der Waals surface area (Å²) in [7, 11) is 2.08. The van der Waals surface area contributed by atoms with Crippen LogP contribution in [-0.2, 0) is 14.8 Å². The third-order valence-electron chi connectivity index (χ3n) is 5.99. The number of benzene rings is 2. The van der Waals surface area contributed by atoms with Crippen molar-refractivity contribution in [1.29, 1.82) is 0 Å². The number of hydrogen-bond acceptors (Lipinski definition) is 5. The minimum Gasteiger partial charge on any atom is -0.497 e. The normalized spacial score (nSPS) is 16.7. The molecule has 8 heteroatoms. The molecule has 33 heavy (non-hydrogen) atoms. The van der Waals surface area contributed by atoms with Crippen LogP contribution >= 0.6 is 0 Å². The van der Waals surface area contributed by atoms with Gasteiger partial charge >= 0.3 is 0 Å². The fourth-order valence-electron chi connectivity index (χ4n) is 3.98. The Labute approximate surface area is 197 Å². The van der Waals surface area contributed by atoms with E-state index in [0.29, 0.717) is 32.5 Å². The number of piperidine rings is 1. The summed E-state index contributed by atoms with van der Waals surface area (Å²) in [6.07, 6.45) is 2.63. The predicted molar refractivity (Wildman–Crippen MR) is 131 cm³/mol. The molecule has 7 nitrogen and oxygen atoms in total. The number of nitrogens with zero attached hydrogens (tertiary/aromatic N) is 2. The second kappa shape index (κ2) is 11.4. The largest absolute Gasteiger partial charge is 0.497 e. The number of carbonyl (C=O) groups excluding carboxylic acids is 1. The molecule has 2 aromatic carbocycles. The lowest BCUT2D eigenvalue weighted by molar-refractivity contribution is -0.126. The molecule has 0 aliphatic carbocycles. The number of hydrogen-bond donors (Lipinski definition) is 1. The predicted octanol–water partition coefficient (Wildman–Crippen LogP) is 3.13. The Bertz CT molecular complexity index is 1050. The van der Waals surface area contributed by atoms with Gasteiger partial charge in [-0.15, -0.1) is 0 Å². The van der Waals surface area contributed by atoms with Crippen LogP contribution in [0.25, 0.3) is 6.08 Å². The maximum atomic E-state index is 12.8. The van der Waals surface area contributed by atoms with Crippen LogP contribution in [0.4, 0.5) is 0 Å². The van der Waals surface area contributed by atoms with Gasteiger partial charge in [-0.3, -0.25) is 4.79 Å². The minimum absolute atomic E-state index is 0.00707. The van der Waals surface area contributed by atoms with Gasteiger partial charge in [0.2, 0.25) is 15.9 Å². The number of sulfonamides is 1. The van der Waals surface area contributed by atoms with Crippen LogP contribution in [0.15, 0.2) is 60.0 Å². The van der Waals surface area contributed by atoms with Crippen molar-refractivity contribution in [2.45, 2.75) is 18.9 Å². The number of nitrogens with one attached hydrogen (secondary N) is 1. The number of methoxy groups -OCH3 is 1. The summed E-state index contributed by atoms with van der Waals surface area (Å²) in [5, 5.41) is 4.32. The summed E-state index contributed by atoms with van der Waals surface area (Å²) in [4.78, 5) is 14.9. The number of likely N-dealkylation sites (N-methyl/N-ethyl adjacent to an activating group) is 1. The van der Waals surface area contributed by atoms with E-state index in [4.69, 9.17) is 4.74 Å². The van der Waals surface area contributed by atoms with Crippen molar-refractivity contribution in [3.05, 3.63) is 71.1 Å². The van der Waals surface area contributed by atoms with E-state index < -0.39 is 10.0 Å². The highest BCUT2D eigenvalue weighted by Crippen LogP contribution is 2.24. The van der Waals surface area contributed by atoms with Crippen LogP contribution in [0.3, 0.4) is 0 Å². The standard InChI is InChI=1S/C25H33N3O4S/c1-27(2)24(22-10-7-11-23(18-22)32-3)19-26-25(29)21-12-15-28(16-13-21)33(30,31)17-14-20-8-5-4-6-9-20/h4-11,14,17-18,21,24H,12-13,15-16,19H2,1-3H3,(H,26,29)/b17-14+. The van der Waals surface area contributed by atoms with Gasteiger partial charge in [-0.2, -0.15) is 4.31 Å². The van der Waals surface area contributed by atoms with Gasteiger partial charge < -0.3 is 15.0 Å². The molecule has 2 aromatic rings. The lowest BCUT2D eigenvalue weighted by Gasteiger charge is -2.31. The van der Waals surface area contributed by atoms with Crippen molar-refractivity contribution in [2.24, 2.45) is 5.92 Å². The Kier molecular flexibility index (Phi) is 8.66. The maximum Gasteiger partial charge on any atom is 0.236 e. The average molecular weight is 472 g/mol. The molecule has 0 aromatic heterocycles. The van der Waals surface area contributed by atoms with Crippen molar-refractivity contribution in [1.82, 2.24) is 14.5 Å². The summed E-state index contributed by atoms with van der Waals surface area (Å²) in [6, 6.07) is 17.2. The SMILES string of the molecule is COc1cccc(C(CNC(=O)C2CCN(S(=O)(=O)/C=C/c3ccccc3)CC2)N(C)C)c1. The summed E-state index contributed by atoms with van der Waals surface area (Å²) in [5.74, 6) is 0.560. The quantitative estimate of drug-likeness (QED) is 0.608. The molecule has 1 amide bonds. The fraction of sp³-hybridized carbons (Fsp3) is 0.400. The summed E-state index contributed by atoms with van der Waals surface area (Å²) in [5.41, 5.74) is 1.90. The van der Waals surface area contributed by atoms with Crippen molar-refractivity contribution < 1.29 is 17.9 Å². The number of carbonyl (C=O) groups is 1. The van der Waals surface area contributed by atoms with Crippen molar-refractivity contribution in [3.63, 3.8) is 0 Å². The second-order valence-corrected chi connectivity index (χ2v) is 10.3. The van der Waals surface area contributed by atoms with E-state index in [-0.39, 0.29) is 17.9 Å². The van der Waals surface area contributed by atoms with Crippen LogP contribution in [0.5, 0.6) is 5.75 Å². The van der Waals surface area contributed by atoms with Crippen molar-refractivity contribution in [3.8, 4) is 5.75 Å². The average Bonchev–Trinajstić information content (AvgIpc) is 2.83. The Morgan fingerprint density at radius 3 is 2.48 bits per heavy atom. The van der Waals surface area contributed by atoms with Gasteiger partial charge in [-0.1, -0.05) is 42.5 Å². The van der Waals surface area contributed by atoms with Crippen molar-refractivity contribution in [2.75, 3.05) is 40.8 Å². The smallest absolute Gasteiger partial charge is 0.236 e. The number of amides is 1. The highest BCUT2D eigenvalue weighted by Gasteiger charge is 2.30. The topological polar surface area (TPSA) is 79.0 Å². The van der Waals surface area contributed by atoms with Crippen LogP contribution in [0.2, 0.25) is 0 Å². The van der Waals surface area contributed by atoms with Crippen LogP contribution in [0, 0.1) is 5.92 Å². The van der Waals surface area contributed by atoms with E-state index in [1.165, 1.54) is 9.71 Å². The molecule has 1 aliphatic heterocycles. The van der Waals surface area contributed by atoms with Crippen LogP contribution in [-0.4, -0.2) is 64.4 Å². The van der Waals surface area contributed by atoms with Gasteiger partial charge in [0.1, 0.15) is 5.75 Å². The molecule has 1 unspecified atom stereocenters. The van der Waals surface area contributed by atoms with Crippen LogP contribution < -0.4 is 10.1 Å². The van der Waals surface area contributed by atoms with E-state index in [0.717, 1.165) is 16.9 Å². The molecular weight excluding hydrogens is 438 g/mol. The summed E-state index contributed by atoms with van der Waals surface area (Å²) in [6.45, 7) is 1.15. The molecular formula is C25H33N3O4S. The molecule has 178 valence electrons. The Morgan fingerprint density at radius 1 is 1.15 bits per heavy atom. The molecule has 1 saturated heterocycles. The molecule has 0 bridgehead atoms. The fourth-order valence-corrected chi connectivity index (χ4v) is 5.20. The minimum atomic E-state index is -3.51. The van der Waals surface area contributed by atoms with E-state index in [1.54, 1.807) is 13.2 Å². The lowest BCUT2D eigenvalue weighted by atomic mass is 9.97. The summed E-state index contributed by atoms with van der Waals surface area (Å²) >= 11 is 0.